The molecule has 12 heteroatoms. The van der Waals surface area contributed by atoms with Crippen molar-refractivity contribution in [3.63, 3.8) is 0 Å². The van der Waals surface area contributed by atoms with E-state index < -0.39 is 36.4 Å². The third-order valence-corrected chi connectivity index (χ3v) is 23.1. The summed E-state index contributed by atoms with van der Waals surface area (Å²) in [5.41, 5.74) is 15.6. The largest absolute Gasteiger partial charge is 0.479 e. The van der Waals surface area contributed by atoms with Crippen LogP contribution in [0.15, 0.2) is 245 Å². The number of hydrogen-bond donors (Lipinski definition) is 0. The van der Waals surface area contributed by atoms with Gasteiger partial charge in [0, 0.05) is 39.0 Å². The van der Waals surface area contributed by atoms with Crippen molar-refractivity contribution in [1.82, 2.24) is 29.5 Å². The predicted octanol–water partition coefficient (Wildman–Crippen LogP) is 23.8. The van der Waals surface area contributed by atoms with Crippen LogP contribution in [0.1, 0.15) is 180 Å². The van der Waals surface area contributed by atoms with Crippen molar-refractivity contribution in [3.8, 4) is 102 Å². The van der Waals surface area contributed by atoms with Crippen LogP contribution in [0.4, 0.5) is 0 Å². The van der Waals surface area contributed by atoms with Gasteiger partial charge >= 0.3 is 11.9 Å². The van der Waals surface area contributed by atoms with Gasteiger partial charge in [0.1, 0.15) is 23.7 Å². The molecule has 550 valence electrons. The Morgan fingerprint density at radius 2 is 0.692 bits per heavy atom. The van der Waals surface area contributed by atoms with E-state index in [0.29, 0.717) is 36.0 Å². The van der Waals surface area contributed by atoms with E-state index in [4.69, 9.17) is 39.3 Å². The summed E-state index contributed by atoms with van der Waals surface area (Å²) in [6.07, 6.45) is 27.5. The maximum Gasteiger partial charge on any atom is 0.348 e. The van der Waals surface area contributed by atoms with Crippen LogP contribution in [0.3, 0.4) is 0 Å². The number of esters is 2. The van der Waals surface area contributed by atoms with Gasteiger partial charge in [-0.3, -0.25) is 9.13 Å². The number of nitrogens with zero attached hydrogens (tertiary/aromatic N) is 6. The second-order valence-electron chi connectivity index (χ2n) is 30.1. The summed E-state index contributed by atoms with van der Waals surface area (Å²) >= 11 is 0. The number of carbonyl (C=O) groups excluding carboxylic acids is 2. The molecule has 10 aromatic rings. The number of aromatic nitrogens is 6. The van der Waals surface area contributed by atoms with Gasteiger partial charge in [-0.2, -0.15) is 0 Å². The molecule has 2 unspecified atom stereocenters. The molecular weight excluding hydrogens is 1320 g/mol. The van der Waals surface area contributed by atoms with Crippen LogP contribution in [0.25, 0.3) is 90.3 Å². The minimum absolute atomic E-state index is 0.0384. The molecule has 13 rings (SSSR count). The molecule has 2 bridgehead atoms. The molecule has 0 radical (unpaired) electrons. The first-order valence-electron chi connectivity index (χ1n) is 39.3. The summed E-state index contributed by atoms with van der Waals surface area (Å²) in [5, 5.41) is 19.6. The zero-order valence-electron chi connectivity index (χ0n) is 63.1. The lowest BCUT2D eigenvalue weighted by atomic mass is 9.38. The second-order valence-corrected chi connectivity index (χ2v) is 30.1. The monoisotopic (exact) mass is 1420 g/mol. The standard InChI is InChI=1S/C95H104N6O6/c1-9-15-17-19-21-23-31-39-85(91(102)106-77(11-3)12-4)104-79-55-49-71(50-56-79)89-98-96-87(100(89)75-35-27-25-28-36-75)69-45-41-67(42-46-69)73-53-59-81-82-60-54-74(66-84(82)95(83(81)65-73)93(7)61-33-63-94(95,8)64-34-62-93)68-43-47-70(48-44-68)88-97-99-90(101(88)76-37-29-26-30-38-76)72-51-57-80(58-52-72)105-86(92(103)107-78(13-5)14-6)40-32-24-22-20-18-16-10-2/h11-14,25-30,35-38,41-60,65-66,77-78,85-86H,3-6,9-10,15-24,31-34,39-40,61-64H2,1-2,7-8H3. The van der Waals surface area contributed by atoms with Gasteiger partial charge in [-0.05, 0) is 216 Å². The Morgan fingerprint density at radius 3 is 1.02 bits per heavy atom. The molecule has 2 atom stereocenters. The number of unbranched alkanes of at least 4 members (excludes halogenated alkanes) is 12. The first-order chi connectivity index (χ1) is 52.3. The van der Waals surface area contributed by atoms with E-state index in [0.717, 1.165) is 94.9 Å². The topological polar surface area (TPSA) is 132 Å². The fourth-order valence-electron chi connectivity index (χ4n) is 17.6. The van der Waals surface area contributed by atoms with Crippen LogP contribution >= 0.6 is 0 Å². The van der Waals surface area contributed by atoms with E-state index in [1.807, 2.05) is 84.9 Å². The Morgan fingerprint density at radius 1 is 0.393 bits per heavy atom. The summed E-state index contributed by atoms with van der Waals surface area (Å²) < 4.78 is 28.6. The zero-order chi connectivity index (χ0) is 74.3. The van der Waals surface area contributed by atoms with Gasteiger partial charge in [0.2, 0.25) is 0 Å². The molecule has 8 aromatic carbocycles. The highest BCUT2D eigenvalue weighted by Gasteiger charge is 2.67. The van der Waals surface area contributed by atoms with Crippen LogP contribution < -0.4 is 9.47 Å². The molecular formula is C95H104N6O6. The summed E-state index contributed by atoms with van der Waals surface area (Å²) in [6.45, 7) is 24.9. The average Bonchev–Trinajstić information content (AvgIpc) is 1.52. The minimum atomic E-state index is -0.776. The zero-order valence-corrected chi connectivity index (χ0v) is 63.1. The summed E-state index contributed by atoms with van der Waals surface area (Å²) in [4.78, 5) is 27.1. The van der Waals surface area contributed by atoms with Gasteiger partial charge in [-0.25, -0.2) is 9.59 Å². The molecule has 0 saturated heterocycles. The molecule has 107 heavy (non-hydrogen) atoms. The van der Waals surface area contributed by atoms with Crippen molar-refractivity contribution < 1.29 is 28.5 Å². The Bertz CT molecular complexity index is 4370. The number of ether oxygens (including phenoxy) is 4. The van der Waals surface area contributed by atoms with Crippen LogP contribution in [-0.2, 0) is 24.5 Å². The highest BCUT2D eigenvalue weighted by atomic mass is 16.6. The van der Waals surface area contributed by atoms with Gasteiger partial charge in [-0.1, -0.05) is 253 Å². The van der Waals surface area contributed by atoms with E-state index in [1.165, 1.54) is 123 Å². The Kier molecular flexibility index (Phi) is 24.1. The number of benzene rings is 8. The van der Waals surface area contributed by atoms with Crippen molar-refractivity contribution in [3.05, 3.63) is 256 Å². The van der Waals surface area contributed by atoms with Crippen molar-refractivity contribution in [2.24, 2.45) is 10.8 Å². The maximum absolute atomic E-state index is 13.6. The Balaban J connectivity index is 0.762. The molecule has 2 fully saturated rings. The molecule has 2 heterocycles. The molecule has 0 amide bonds. The van der Waals surface area contributed by atoms with Gasteiger partial charge in [0.05, 0.1) is 0 Å². The van der Waals surface area contributed by atoms with Crippen LogP contribution in [-0.4, -0.2) is 65.9 Å². The lowest BCUT2D eigenvalue weighted by molar-refractivity contribution is -0.154. The molecule has 3 aliphatic rings. The fraction of sp³-hybridized carbons (Fsp3) is 0.347. The Labute approximate surface area is 633 Å². The van der Waals surface area contributed by atoms with E-state index in [1.54, 1.807) is 24.3 Å². The third kappa shape index (κ3) is 15.9. The number of hydrogen-bond acceptors (Lipinski definition) is 10. The SMILES string of the molecule is C=CC(C=C)OC(=O)C(CCCCCCCCC)Oc1ccc(-c2nnc(-c3ccc(-c4ccc5c(c4)C4(c6cc(-c7ccc(-c8nnc(-c9ccc(OC(CCCCCCCCC)C(=O)OC(C=C)C=C)cc9)n8-c8ccccc8)cc7)ccc6-5)C5(C)CCCC4(C)CCC5)cc3)n2-c2ccccc2)cc1. The van der Waals surface area contributed by atoms with Gasteiger partial charge < -0.3 is 18.9 Å². The number of para-hydroxylation sites is 2. The van der Waals surface area contributed by atoms with Crippen molar-refractivity contribution in [2.75, 3.05) is 0 Å². The smallest absolute Gasteiger partial charge is 0.348 e. The predicted molar refractivity (Wildman–Crippen MR) is 434 cm³/mol. The molecule has 12 nitrogen and oxygen atoms in total. The fourth-order valence-corrected chi connectivity index (χ4v) is 17.6. The molecule has 0 aliphatic heterocycles. The van der Waals surface area contributed by atoms with Gasteiger partial charge in [0.25, 0.3) is 0 Å². The minimum Gasteiger partial charge on any atom is -0.479 e. The number of rotatable bonds is 36. The molecule has 1 spiro atoms. The first-order valence-corrected chi connectivity index (χ1v) is 39.3. The van der Waals surface area contributed by atoms with Crippen LogP contribution in [0.2, 0.25) is 0 Å². The van der Waals surface area contributed by atoms with E-state index in [-0.39, 0.29) is 16.2 Å². The van der Waals surface area contributed by atoms with Crippen LogP contribution in [0, 0.1) is 10.8 Å². The van der Waals surface area contributed by atoms with Crippen molar-refractivity contribution in [2.45, 2.75) is 199 Å². The first kappa shape index (κ1) is 74.8. The highest BCUT2D eigenvalue weighted by molar-refractivity contribution is 5.88. The van der Waals surface area contributed by atoms with Crippen molar-refractivity contribution >= 4 is 11.9 Å². The van der Waals surface area contributed by atoms with E-state index >= 15 is 0 Å². The third-order valence-electron chi connectivity index (χ3n) is 23.1. The average molecular weight is 1430 g/mol. The maximum atomic E-state index is 13.6. The molecule has 0 N–H and O–H groups in total. The highest BCUT2D eigenvalue weighted by Crippen LogP contribution is 2.74. The number of fused-ring (bicyclic) bond motifs is 3. The quantitative estimate of drug-likeness (QED) is 0.0212. The summed E-state index contributed by atoms with van der Waals surface area (Å²) in [7, 11) is 0. The number of carbonyl (C=O) groups is 2. The van der Waals surface area contributed by atoms with Gasteiger partial charge in [0.15, 0.2) is 35.5 Å². The normalized spacial score (nSPS) is 17.6. The summed E-state index contributed by atoms with van der Waals surface area (Å²) in [6, 6.07) is 68.3. The second kappa shape index (κ2) is 34.4. The van der Waals surface area contributed by atoms with E-state index in [2.05, 4.69) is 172 Å². The van der Waals surface area contributed by atoms with Crippen molar-refractivity contribution in [1.29, 1.82) is 0 Å². The lowest BCUT2D eigenvalue weighted by Gasteiger charge is -2.65. The Hall–Kier alpha value is -10.5. The molecule has 3 aliphatic carbocycles. The molecule has 2 aromatic heterocycles. The molecule has 2 saturated carbocycles. The summed E-state index contributed by atoms with van der Waals surface area (Å²) in [5.74, 6) is 3.09. The van der Waals surface area contributed by atoms with E-state index in [9.17, 15) is 9.59 Å². The van der Waals surface area contributed by atoms with Gasteiger partial charge in [-0.15, -0.1) is 20.4 Å². The lowest BCUT2D eigenvalue weighted by Crippen LogP contribution is -2.59. The van der Waals surface area contributed by atoms with Crippen LogP contribution in [0.5, 0.6) is 11.5 Å².